The van der Waals surface area contributed by atoms with Crippen molar-refractivity contribution in [2.75, 3.05) is 6.61 Å². The second-order valence-corrected chi connectivity index (χ2v) is 3.49. The van der Waals surface area contributed by atoms with Crippen LogP contribution in [0.2, 0.25) is 0 Å². The molecular weight excluding hydrogens is 251 g/mol. The summed E-state index contributed by atoms with van der Waals surface area (Å²) in [6.07, 6.45) is 0. The highest BCUT2D eigenvalue weighted by Crippen LogP contribution is 2.26. The minimum atomic E-state index is -1.17. The van der Waals surface area contributed by atoms with Gasteiger partial charge in [-0.2, -0.15) is 4.98 Å². The van der Waals surface area contributed by atoms with Gasteiger partial charge >= 0.3 is 0 Å². The van der Waals surface area contributed by atoms with Crippen LogP contribution in [0, 0.1) is 17.5 Å². The third-order valence-electron chi connectivity index (χ3n) is 2.19. The number of hydrogen-bond donors (Lipinski definition) is 2. The Morgan fingerprint density at radius 1 is 1.28 bits per heavy atom. The van der Waals surface area contributed by atoms with Crippen molar-refractivity contribution in [2.45, 2.75) is 6.04 Å². The molecule has 3 N–H and O–H groups in total. The van der Waals surface area contributed by atoms with E-state index in [-0.39, 0.29) is 5.82 Å². The van der Waals surface area contributed by atoms with E-state index in [1.165, 1.54) is 0 Å². The number of aliphatic hydroxyl groups is 1. The van der Waals surface area contributed by atoms with Gasteiger partial charge in [0.1, 0.15) is 23.0 Å². The second kappa shape index (κ2) is 4.75. The third kappa shape index (κ3) is 2.20. The maximum absolute atomic E-state index is 13.4. The molecule has 5 nitrogen and oxygen atoms in total. The lowest BCUT2D eigenvalue weighted by Crippen LogP contribution is -2.15. The lowest BCUT2D eigenvalue weighted by molar-refractivity contribution is 0.260. The van der Waals surface area contributed by atoms with Crippen molar-refractivity contribution in [2.24, 2.45) is 5.73 Å². The van der Waals surface area contributed by atoms with E-state index in [0.717, 1.165) is 0 Å². The topological polar surface area (TPSA) is 85.2 Å². The van der Waals surface area contributed by atoms with Crippen molar-refractivity contribution < 1.29 is 22.8 Å². The van der Waals surface area contributed by atoms with Crippen LogP contribution in [-0.4, -0.2) is 21.9 Å². The molecule has 18 heavy (non-hydrogen) atoms. The summed E-state index contributed by atoms with van der Waals surface area (Å²) in [5.41, 5.74) is 4.76. The van der Waals surface area contributed by atoms with E-state index in [1.54, 1.807) is 0 Å². The predicted molar refractivity (Wildman–Crippen MR) is 53.6 cm³/mol. The fourth-order valence-electron chi connectivity index (χ4n) is 1.32. The van der Waals surface area contributed by atoms with E-state index in [1.807, 2.05) is 0 Å². The van der Waals surface area contributed by atoms with Gasteiger partial charge in [-0.15, -0.1) is 0 Å². The Balaban J connectivity index is 2.46. The van der Waals surface area contributed by atoms with Crippen molar-refractivity contribution in [3.8, 4) is 11.5 Å². The van der Waals surface area contributed by atoms with Gasteiger partial charge in [-0.1, -0.05) is 5.16 Å². The van der Waals surface area contributed by atoms with E-state index in [0.29, 0.717) is 12.1 Å². The van der Waals surface area contributed by atoms with Crippen LogP contribution >= 0.6 is 0 Å². The molecule has 2 aromatic rings. The Labute approximate surface area is 99.0 Å². The van der Waals surface area contributed by atoms with Crippen LogP contribution in [0.25, 0.3) is 11.5 Å². The largest absolute Gasteiger partial charge is 0.394 e. The van der Waals surface area contributed by atoms with Crippen molar-refractivity contribution in [1.29, 1.82) is 0 Å². The predicted octanol–water partition coefficient (Wildman–Crippen LogP) is 1.15. The molecule has 1 atom stereocenters. The Bertz CT molecular complexity index is 550. The maximum Gasteiger partial charge on any atom is 0.263 e. The first-order chi connectivity index (χ1) is 8.52. The van der Waals surface area contributed by atoms with E-state index < -0.39 is 41.6 Å². The number of nitrogens with zero attached hydrogens (tertiary/aromatic N) is 2. The molecule has 0 bridgehead atoms. The standard InChI is InChI=1S/C10H8F3N3O2/c11-4-1-5(12)8(6(13)2-4)10-15-9(16-18-10)7(14)3-17/h1-2,7,17H,3,14H2. The smallest absolute Gasteiger partial charge is 0.263 e. The molecule has 0 amide bonds. The summed E-state index contributed by atoms with van der Waals surface area (Å²) in [7, 11) is 0. The molecule has 1 heterocycles. The van der Waals surface area contributed by atoms with Gasteiger partial charge in [-0.3, -0.25) is 0 Å². The second-order valence-electron chi connectivity index (χ2n) is 3.49. The first kappa shape index (κ1) is 12.5. The molecule has 0 aliphatic heterocycles. The molecule has 8 heteroatoms. The summed E-state index contributed by atoms with van der Waals surface area (Å²) < 4.78 is 44.1. The van der Waals surface area contributed by atoms with Crippen LogP contribution in [0.3, 0.4) is 0 Å². The van der Waals surface area contributed by atoms with Crippen LogP contribution in [0.1, 0.15) is 11.9 Å². The number of aliphatic hydroxyl groups excluding tert-OH is 1. The lowest BCUT2D eigenvalue weighted by atomic mass is 10.2. The molecule has 96 valence electrons. The van der Waals surface area contributed by atoms with Gasteiger partial charge in [0.05, 0.1) is 12.6 Å². The number of halogens is 3. The van der Waals surface area contributed by atoms with Gasteiger partial charge in [-0.25, -0.2) is 13.2 Å². The number of rotatable bonds is 3. The van der Waals surface area contributed by atoms with Gasteiger partial charge in [-0.05, 0) is 0 Å². The molecule has 0 saturated heterocycles. The van der Waals surface area contributed by atoms with Gasteiger partial charge in [0.15, 0.2) is 5.82 Å². The summed E-state index contributed by atoms with van der Waals surface area (Å²) in [4.78, 5) is 3.64. The molecule has 2 rings (SSSR count). The van der Waals surface area contributed by atoms with Crippen LogP contribution in [0.4, 0.5) is 13.2 Å². The van der Waals surface area contributed by atoms with Gasteiger partial charge in [0, 0.05) is 12.1 Å². The number of benzene rings is 1. The molecule has 0 fully saturated rings. The fraction of sp³-hybridized carbons (Fsp3) is 0.200. The number of hydrogen-bond acceptors (Lipinski definition) is 5. The van der Waals surface area contributed by atoms with Gasteiger partial charge < -0.3 is 15.4 Å². The Hall–Kier alpha value is -1.93. The zero-order valence-corrected chi connectivity index (χ0v) is 8.90. The zero-order valence-electron chi connectivity index (χ0n) is 8.90. The Morgan fingerprint density at radius 3 is 2.44 bits per heavy atom. The molecule has 0 saturated carbocycles. The van der Waals surface area contributed by atoms with Gasteiger partial charge in [0.2, 0.25) is 0 Å². The summed E-state index contributed by atoms with van der Waals surface area (Å²) >= 11 is 0. The number of nitrogens with two attached hydrogens (primary N) is 1. The Morgan fingerprint density at radius 2 is 1.89 bits per heavy atom. The third-order valence-corrected chi connectivity index (χ3v) is 2.19. The summed E-state index contributed by atoms with van der Waals surface area (Å²) in [5.74, 6) is -3.96. The molecule has 1 aromatic carbocycles. The molecular formula is C10H8F3N3O2. The van der Waals surface area contributed by atoms with Crippen LogP contribution in [-0.2, 0) is 0 Å². The fourth-order valence-corrected chi connectivity index (χ4v) is 1.32. The molecule has 0 spiro atoms. The SMILES string of the molecule is NC(CO)c1noc(-c2c(F)cc(F)cc2F)n1. The first-order valence-electron chi connectivity index (χ1n) is 4.88. The minimum absolute atomic E-state index is 0.101. The maximum atomic E-state index is 13.4. The van der Waals surface area contributed by atoms with Gasteiger partial charge in [0.25, 0.3) is 5.89 Å². The lowest BCUT2D eigenvalue weighted by Gasteiger charge is -2.00. The average molecular weight is 259 g/mol. The Kier molecular flexibility index (Phi) is 3.30. The molecule has 0 aliphatic carbocycles. The van der Waals surface area contributed by atoms with Crippen molar-refractivity contribution in [3.05, 3.63) is 35.4 Å². The monoisotopic (exact) mass is 259 g/mol. The highest BCUT2D eigenvalue weighted by Gasteiger charge is 2.21. The average Bonchev–Trinajstić information content (AvgIpc) is 2.76. The van der Waals surface area contributed by atoms with E-state index in [2.05, 4.69) is 14.7 Å². The quantitative estimate of drug-likeness (QED) is 0.863. The normalized spacial score (nSPS) is 12.7. The first-order valence-corrected chi connectivity index (χ1v) is 4.88. The van der Waals surface area contributed by atoms with Crippen molar-refractivity contribution in [1.82, 2.24) is 10.1 Å². The summed E-state index contributed by atoms with van der Waals surface area (Å²) in [6, 6.07) is 0.0665. The molecule has 0 radical (unpaired) electrons. The van der Waals surface area contributed by atoms with Crippen LogP contribution < -0.4 is 5.73 Å². The van der Waals surface area contributed by atoms with Crippen LogP contribution in [0.5, 0.6) is 0 Å². The zero-order chi connectivity index (χ0) is 13.3. The van der Waals surface area contributed by atoms with Crippen molar-refractivity contribution in [3.63, 3.8) is 0 Å². The highest BCUT2D eigenvalue weighted by atomic mass is 19.1. The summed E-state index contributed by atoms with van der Waals surface area (Å²) in [5, 5.41) is 12.1. The minimum Gasteiger partial charge on any atom is -0.394 e. The van der Waals surface area contributed by atoms with E-state index in [9.17, 15) is 13.2 Å². The van der Waals surface area contributed by atoms with E-state index >= 15 is 0 Å². The molecule has 0 aliphatic rings. The van der Waals surface area contributed by atoms with E-state index in [4.69, 9.17) is 10.8 Å². The molecule has 1 unspecified atom stereocenters. The highest BCUT2D eigenvalue weighted by molar-refractivity contribution is 5.54. The molecule has 1 aromatic heterocycles. The summed E-state index contributed by atoms with van der Waals surface area (Å²) in [6.45, 7) is -0.451. The van der Waals surface area contributed by atoms with Crippen molar-refractivity contribution >= 4 is 0 Å². The number of aromatic nitrogens is 2. The van der Waals surface area contributed by atoms with Crippen LogP contribution in [0.15, 0.2) is 16.7 Å².